The molecule has 5 N–H and O–H groups in total. The molecule has 0 aromatic heterocycles. The summed E-state index contributed by atoms with van der Waals surface area (Å²) in [5, 5.41) is 20.8. The molecule has 1 saturated carbocycles. The predicted molar refractivity (Wildman–Crippen MR) is 121 cm³/mol. The first-order valence-corrected chi connectivity index (χ1v) is 10.7. The van der Waals surface area contributed by atoms with Crippen molar-refractivity contribution in [3.8, 4) is 0 Å². The Morgan fingerprint density at radius 1 is 1.06 bits per heavy atom. The standard InChI is InChI=1S/C24H30N4O3/c25-23(26)19-11-13-20(14-12-19)27-21(29)16-28(15-17-7-3-1-4-8-17)24(31)22(30)18-9-5-2-6-10-18/h2,5-6,9-14,17,22,30H,1,3-4,7-8,15-16H2,(H3,25,26)(H,27,29). The third kappa shape index (κ3) is 6.39. The van der Waals surface area contributed by atoms with Gasteiger partial charge in [0.15, 0.2) is 6.10 Å². The van der Waals surface area contributed by atoms with Crippen LogP contribution in [0.1, 0.15) is 49.3 Å². The first-order chi connectivity index (χ1) is 14.9. The molecule has 0 bridgehead atoms. The molecular formula is C24H30N4O3. The quantitative estimate of drug-likeness (QED) is 0.386. The Labute approximate surface area is 182 Å². The number of hydrogen-bond acceptors (Lipinski definition) is 4. The van der Waals surface area contributed by atoms with Gasteiger partial charge in [-0.2, -0.15) is 0 Å². The second kappa shape index (κ2) is 10.7. The van der Waals surface area contributed by atoms with Gasteiger partial charge in [-0.1, -0.05) is 49.6 Å². The molecule has 1 atom stereocenters. The van der Waals surface area contributed by atoms with E-state index in [0.29, 0.717) is 29.3 Å². The predicted octanol–water partition coefficient (Wildman–Crippen LogP) is 3.05. The van der Waals surface area contributed by atoms with Gasteiger partial charge in [0.1, 0.15) is 5.84 Å². The largest absolute Gasteiger partial charge is 0.384 e. The van der Waals surface area contributed by atoms with Gasteiger partial charge in [-0.3, -0.25) is 15.0 Å². The maximum absolute atomic E-state index is 13.1. The van der Waals surface area contributed by atoms with Gasteiger partial charge in [0.2, 0.25) is 5.91 Å². The molecule has 7 nitrogen and oxygen atoms in total. The van der Waals surface area contributed by atoms with E-state index in [1.165, 1.54) is 11.3 Å². The molecule has 2 aromatic rings. The number of aliphatic hydroxyl groups excluding tert-OH is 1. The molecule has 2 amide bonds. The number of carbonyl (C=O) groups is 2. The van der Waals surface area contributed by atoms with E-state index in [-0.39, 0.29) is 18.3 Å². The van der Waals surface area contributed by atoms with E-state index in [4.69, 9.17) is 11.1 Å². The molecule has 0 radical (unpaired) electrons. The van der Waals surface area contributed by atoms with Crippen LogP contribution in [0.5, 0.6) is 0 Å². The van der Waals surface area contributed by atoms with Crippen LogP contribution in [0.2, 0.25) is 0 Å². The lowest BCUT2D eigenvalue weighted by Crippen LogP contribution is -2.43. The number of benzene rings is 2. The number of hydrogen-bond donors (Lipinski definition) is 4. The number of rotatable bonds is 8. The Kier molecular flexibility index (Phi) is 7.78. The van der Waals surface area contributed by atoms with Crippen LogP contribution in [0, 0.1) is 11.3 Å². The number of nitrogens with two attached hydrogens (primary N) is 1. The maximum Gasteiger partial charge on any atom is 0.256 e. The summed E-state index contributed by atoms with van der Waals surface area (Å²) < 4.78 is 0. The van der Waals surface area contributed by atoms with Gasteiger partial charge >= 0.3 is 0 Å². The summed E-state index contributed by atoms with van der Waals surface area (Å²) in [6, 6.07) is 15.4. The Balaban J connectivity index is 1.69. The lowest BCUT2D eigenvalue weighted by molar-refractivity contribution is -0.143. The number of amidine groups is 1. The number of nitrogens with zero attached hydrogens (tertiary/aromatic N) is 1. The van der Waals surface area contributed by atoms with E-state index in [2.05, 4.69) is 5.32 Å². The second-order valence-electron chi connectivity index (χ2n) is 8.08. The van der Waals surface area contributed by atoms with E-state index in [9.17, 15) is 14.7 Å². The molecule has 0 heterocycles. The smallest absolute Gasteiger partial charge is 0.256 e. The van der Waals surface area contributed by atoms with Crippen molar-refractivity contribution in [1.29, 1.82) is 5.41 Å². The highest BCUT2D eigenvalue weighted by molar-refractivity contribution is 5.97. The zero-order chi connectivity index (χ0) is 22.2. The first-order valence-electron chi connectivity index (χ1n) is 10.7. The number of carbonyl (C=O) groups excluding carboxylic acids is 2. The number of anilines is 1. The van der Waals surface area contributed by atoms with Crippen LogP contribution in [0.3, 0.4) is 0 Å². The van der Waals surface area contributed by atoms with Crippen LogP contribution in [0.15, 0.2) is 54.6 Å². The fraction of sp³-hybridized carbons (Fsp3) is 0.375. The molecule has 1 unspecified atom stereocenters. The highest BCUT2D eigenvalue weighted by Crippen LogP contribution is 2.26. The minimum absolute atomic E-state index is 0.0444. The molecular weight excluding hydrogens is 392 g/mol. The van der Waals surface area contributed by atoms with Gasteiger partial charge in [-0.05, 0) is 48.6 Å². The number of nitrogen functional groups attached to an aromatic ring is 1. The van der Waals surface area contributed by atoms with Crippen LogP contribution < -0.4 is 11.1 Å². The molecule has 2 aromatic carbocycles. The molecule has 0 saturated heterocycles. The zero-order valence-corrected chi connectivity index (χ0v) is 17.6. The van der Waals surface area contributed by atoms with Crippen LogP contribution >= 0.6 is 0 Å². The van der Waals surface area contributed by atoms with Crippen molar-refractivity contribution in [3.05, 3.63) is 65.7 Å². The molecule has 7 heteroatoms. The summed E-state index contributed by atoms with van der Waals surface area (Å²) in [7, 11) is 0. The van der Waals surface area contributed by atoms with Gasteiger partial charge in [0.05, 0.1) is 6.54 Å². The highest BCUT2D eigenvalue weighted by atomic mass is 16.3. The lowest BCUT2D eigenvalue weighted by atomic mass is 9.88. The van der Waals surface area contributed by atoms with Crippen molar-refractivity contribution in [2.75, 3.05) is 18.4 Å². The van der Waals surface area contributed by atoms with E-state index in [1.54, 1.807) is 48.5 Å². The van der Waals surface area contributed by atoms with Crippen molar-refractivity contribution in [3.63, 3.8) is 0 Å². The fourth-order valence-corrected chi connectivity index (χ4v) is 3.97. The Morgan fingerprint density at radius 2 is 1.71 bits per heavy atom. The topological polar surface area (TPSA) is 120 Å². The minimum Gasteiger partial charge on any atom is -0.384 e. The molecule has 1 aliphatic rings. The van der Waals surface area contributed by atoms with Crippen molar-refractivity contribution in [2.45, 2.75) is 38.2 Å². The van der Waals surface area contributed by atoms with Crippen LogP contribution in [-0.2, 0) is 9.59 Å². The highest BCUT2D eigenvalue weighted by Gasteiger charge is 2.28. The van der Waals surface area contributed by atoms with Crippen LogP contribution in [-0.4, -0.2) is 40.7 Å². The average molecular weight is 423 g/mol. The third-order valence-electron chi connectivity index (χ3n) is 5.68. The van der Waals surface area contributed by atoms with Gasteiger partial charge in [0.25, 0.3) is 5.91 Å². The third-order valence-corrected chi connectivity index (χ3v) is 5.68. The summed E-state index contributed by atoms with van der Waals surface area (Å²) in [5.41, 5.74) is 7.10. The monoisotopic (exact) mass is 422 g/mol. The number of amides is 2. The van der Waals surface area contributed by atoms with Gasteiger partial charge in [0, 0.05) is 17.8 Å². The Bertz CT molecular complexity index is 893. The summed E-state index contributed by atoms with van der Waals surface area (Å²) in [6.45, 7) is 0.326. The van der Waals surface area contributed by atoms with Crippen molar-refractivity contribution >= 4 is 23.3 Å². The second-order valence-corrected chi connectivity index (χ2v) is 8.08. The molecule has 1 fully saturated rings. The van der Waals surface area contributed by atoms with Crippen molar-refractivity contribution in [2.24, 2.45) is 11.7 Å². The SMILES string of the molecule is N=C(N)c1ccc(NC(=O)CN(CC2CCCCC2)C(=O)C(O)c2ccccc2)cc1. The number of aliphatic hydroxyl groups is 1. The molecule has 31 heavy (non-hydrogen) atoms. The van der Waals surface area contributed by atoms with Crippen LogP contribution in [0.25, 0.3) is 0 Å². The van der Waals surface area contributed by atoms with E-state index in [1.807, 2.05) is 6.07 Å². The molecule has 0 aliphatic heterocycles. The normalized spacial score (nSPS) is 15.1. The van der Waals surface area contributed by atoms with Crippen molar-refractivity contribution in [1.82, 2.24) is 4.90 Å². The summed E-state index contributed by atoms with van der Waals surface area (Å²) in [4.78, 5) is 27.3. The Hall–Kier alpha value is -3.19. The van der Waals surface area contributed by atoms with E-state index < -0.39 is 12.0 Å². The summed E-state index contributed by atoms with van der Waals surface area (Å²) in [5.74, 6) is -0.501. The fourth-order valence-electron chi connectivity index (χ4n) is 3.97. The van der Waals surface area contributed by atoms with E-state index >= 15 is 0 Å². The molecule has 3 rings (SSSR count). The summed E-state index contributed by atoms with van der Waals surface area (Å²) >= 11 is 0. The Morgan fingerprint density at radius 3 is 2.32 bits per heavy atom. The summed E-state index contributed by atoms with van der Waals surface area (Å²) in [6.07, 6.45) is 4.21. The van der Waals surface area contributed by atoms with Gasteiger partial charge in [-0.25, -0.2) is 0 Å². The lowest BCUT2D eigenvalue weighted by Gasteiger charge is -2.31. The van der Waals surface area contributed by atoms with Gasteiger partial charge in [-0.15, -0.1) is 0 Å². The number of nitrogens with one attached hydrogen (secondary N) is 2. The minimum atomic E-state index is -1.30. The average Bonchev–Trinajstić information content (AvgIpc) is 2.79. The molecule has 1 aliphatic carbocycles. The van der Waals surface area contributed by atoms with Crippen molar-refractivity contribution < 1.29 is 14.7 Å². The van der Waals surface area contributed by atoms with E-state index in [0.717, 1.165) is 25.7 Å². The maximum atomic E-state index is 13.1. The van der Waals surface area contributed by atoms with Crippen LogP contribution in [0.4, 0.5) is 5.69 Å². The first kappa shape index (κ1) is 22.5. The van der Waals surface area contributed by atoms with Gasteiger partial charge < -0.3 is 21.1 Å². The molecule has 164 valence electrons. The zero-order valence-electron chi connectivity index (χ0n) is 17.6. The molecule has 0 spiro atoms.